The van der Waals surface area contributed by atoms with Gasteiger partial charge in [0.15, 0.2) is 0 Å². The van der Waals surface area contributed by atoms with E-state index < -0.39 is 24.2 Å². The maximum absolute atomic E-state index is 12.6. The summed E-state index contributed by atoms with van der Waals surface area (Å²) in [4.78, 5) is 54.0. The fourth-order valence-electron chi connectivity index (χ4n) is 3.45. The number of likely N-dealkylation sites (tertiary alicyclic amines) is 1. The molecular weight excluding hydrogens is 468 g/mol. The van der Waals surface area contributed by atoms with Gasteiger partial charge in [-0.3, -0.25) is 30.0 Å². The second kappa shape index (κ2) is 11.8. The molecule has 2 heterocycles. The first-order valence-corrected chi connectivity index (χ1v) is 11.8. The standard InChI is InChI=1S/C22H25ClN4O5S/c1-2-32-20(30)12-18(28)25-26-21(31)17-13-33-22(24-17)14-7-9-27(10-8-14)19(29)11-15-5-3-4-6-16(15)23/h3-6,13-14H,2,7-12H2,1H3,(H,25,28)(H,26,31). The predicted octanol–water partition coefficient (Wildman–Crippen LogP) is 2.46. The number of hydrogen-bond acceptors (Lipinski definition) is 7. The summed E-state index contributed by atoms with van der Waals surface area (Å²) >= 11 is 7.53. The topological polar surface area (TPSA) is 118 Å². The number of hydrazine groups is 1. The summed E-state index contributed by atoms with van der Waals surface area (Å²) in [7, 11) is 0. The van der Waals surface area contributed by atoms with E-state index in [1.54, 1.807) is 18.4 Å². The first kappa shape index (κ1) is 24.7. The fourth-order valence-corrected chi connectivity index (χ4v) is 4.62. The number of thiazole rings is 1. The van der Waals surface area contributed by atoms with Crippen molar-refractivity contribution in [3.63, 3.8) is 0 Å². The Balaban J connectivity index is 1.46. The summed E-state index contributed by atoms with van der Waals surface area (Å²) < 4.78 is 4.68. The number of carbonyl (C=O) groups is 4. The molecule has 11 heteroatoms. The molecule has 2 aromatic rings. The minimum atomic E-state index is -0.675. The quantitative estimate of drug-likeness (QED) is 0.348. The summed E-state index contributed by atoms with van der Waals surface area (Å²) in [5.41, 5.74) is 5.42. The number of carbonyl (C=O) groups excluding carboxylic acids is 4. The van der Waals surface area contributed by atoms with Crippen molar-refractivity contribution in [3.8, 4) is 0 Å². The van der Waals surface area contributed by atoms with Crippen molar-refractivity contribution in [2.24, 2.45) is 0 Å². The lowest BCUT2D eigenvalue weighted by Gasteiger charge is -2.31. The van der Waals surface area contributed by atoms with E-state index in [0.717, 1.165) is 23.4 Å². The zero-order valence-electron chi connectivity index (χ0n) is 18.1. The third kappa shape index (κ3) is 7.00. The molecule has 1 aliphatic heterocycles. The van der Waals surface area contributed by atoms with Gasteiger partial charge >= 0.3 is 5.97 Å². The van der Waals surface area contributed by atoms with Gasteiger partial charge in [0.25, 0.3) is 5.91 Å². The van der Waals surface area contributed by atoms with Gasteiger partial charge in [0.1, 0.15) is 12.1 Å². The number of esters is 1. The van der Waals surface area contributed by atoms with Crippen LogP contribution in [0.4, 0.5) is 0 Å². The van der Waals surface area contributed by atoms with Crippen LogP contribution in [-0.2, 0) is 25.5 Å². The molecule has 9 nitrogen and oxygen atoms in total. The van der Waals surface area contributed by atoms with Crippen molar-refractivity contribution in [1.29, 1.82) is 0 Å². The van der Waals surface area contributed by atoms with Crippen LogP contribution in [0.25, 0.3) is 0 Å². The number of aromatic nitrogens is 1. The largest absolute Gasteiger partial charge is 0.466 e. The van der Waals surface area contributed by atoms with Crippen LogP contribution in [-0.4, -0.2) is 53.3 Å². The highest BCUT2D eigenvalue weighted by atomic mass is 35.5. The van der Waals surface area contributed by atoms with Crippen molar-refractivity contribution in [2.75, 3.05) is 19.7 Å². The average molecular weight is 493 g/mol. The first-order chi connectivity index (χ1) is 15.9. The van der Waals surface area contributed by atoms with Gasteiger partial charge in [-0.05, 0) is 31.4 Å². The Morgan fingerprint density at radius 1 is 1.18 bits per heavy atom. The van der Waals surface area contributed by atoms with E-state index in [9.17, 15) is 19.2 Å². The van der Waals surface area contributed by atoms with E-state index in [1.165, 1.54) is 11.3 Å². The van der Waals surface area contributed by atoms with E-state index in [2.05, 4.69) is 20.6 Å². The molecule has 176 valence electrons. The van der Waals surface area contributed by atoms with Crippen LogP contribution in [0.5, 0.6) is 0 Å². The third-order valence-corrected chi connectivity index (χ3v) is 6.55. The zero-order valence-corrected chi connectivity index (χ0v) is 19.7. The maximum Gasteiger partial charge on any atom is 0.315 e. The van der Waals surface area contributed by atoms with Crippen LogP contribution < -0.4 is 10.9 Å². The SMILES string of the molecule is CCOC(=O)CC(=O)NNC(=O)c1csc(C2CCN(C(=O)Cc3ccccc3Cl)CC2)n1. The van der Waals surface area contributed by atoms with Gasteiger partial charge in [-0.25, -0.2) is 4.98 Å². The van der Waals surface area contributed by atoms with Gasteiger partial charge in [-0.2, -0.15) is 0 Å². The van der Waals surface area contributed by atoms with Crippen molar-refractivity contribution in [1.82, 2.24) is 20.7 Å². The average Bonchev–Trinajstić information content (AvgIpc) is 3.30. The van der Waals surface area contributed by atoms with Crippen LogP contribution in [0.3, 0.4) is 0 Å². The molecule has 0 atom stereocenters. The lowest BCUT2D eigenvalue weighted by atomic mass is 9.97. The Bertz CT molecular complexity index is 1020. The number of piperidine rings is 1. The molecule has 1 saturated heterocycles. The summed E-state index contributed by atoms with van der Waals surface area (Å²) in [5.74, 6) is -1.72. The van der Waals surface area contributed by atoms with Crippen molar-refractivity contribution >= 4 is 46.6 Å². The fraction of sp³-hybridized carbons (Fsp3) is 0.409. The lowest BCUT2D eigenvalue weighted by Crippen LogP contribution is -2.42. The van der Waals surface area contributed by atoms with E-state index >= 15 is 0 Å². The summed E-state index contributed by atoms with van der Waals surface area (Å²) in [6, 6.07) is 7.33. The Morgan fingerprint density at radius 3 is 2.61 bits per heavy atom. The number of ether oxygens (including phenoxy) is 1. The van der Waals surface area contributed by atoms with Gasteiger partial charge < -0.3 is 9.64 Å². The molecule has 0 spiro atoms. The minimum Gasteiger partial charge on any atom is -0.466 e. The summed E-state index contributed by atoms with van der Waals surface area (Å²) in [6.45, 7) is 3.03. The summed E-state index contributed by atoms with van der Waals surface area (Å²) in [6.07, 6.45) is 1.29. The van der Waals surface area contributed by atoms with E-state index in [-0.39, 0.29) is 30.5 Å². The second-order valence-corrected chi connectivity index (χ2v) is 8.78. The second-order valence-electron chi connectivity index (χ2n) is 7.48. The van der Waals surface area contributed by atoms with Gasteiger partial charge in [0, 0.05) is 29.4 Å². The van der Waals surface area contributed by atoms with Crippen LogP contribution in [0.2, 0.25) is 5.02 Å². The van der Waals surface area contributed by atoms with Crippen molar-refractivity contribution in [3.05, 3.63) is 50.9 Å². The molecule has 1 aromatic heterocycles. The monoisotopic (exact) mass is 492 g/mol. The smallest absolute Gasteiger partial charge is 0.315 e. The zero-order chi connectivity index (χ0) is 23.8. The number of rotatable bonds is 7. The number of hydrogen-bond donors (Lipinski definition) is 2. The number of amides is 3. The molecule has 33 heavy (non-hydrogen) atoms. The van der Waals surface area contributed by atoms with Crippen molar-refractivity contribution < 1.29 is 23.9 Å². The molecule has 0 unspecified atom stereocenters. The number of benzene rings is 1. The molecule has 3 rings (SSSR count). The third-order valence-electron chi connectivity index (χ3n) is 5.18. The van der Waals surface area contributed by atoms with Crippen LogP contribution in [0, 0.1) is 0 Å². The van der Waals surface area contributed by atoms with Gasteiger partial charge in [0.05, 0.1) is 18.0 Å². The normalized spacial score (nSPS) is 13.9. The molecule has 0 radical (unpaired) electrons. The van der Waals surface area contributed by atoms with Crippen LogP contribution in [0.1, 0.15) is 53.2 Å². The van der Waals surface area contributed by atoms with Gasteiger partial charge in [-0.1, -0.05) is 29.8 Å². The number of halogens is 1. The molecule has 0 aliphatic carbocycles. The predicted molar refractivity (Wildman–Crippen MR) is 123 cm³/mol. The molecule has 1 aromatic carbocycles. The van der Waals surface area contributed by atoms with Gasteiger partial charge in [-0.15, -0.1) is 11.3 Å². The van der Waals surface area contributed by atoms with Crippen LogP contribution in [0.15, 0.2) is 29.6 Å². The highest BCUT2D eigenvalue weighted by molar-refractivity contribution is 7.09. The van der Waals surface area contributed by atoms with E-state index in [4.69, 9.17) is 11.6 Å². The minimum absolute atomic E-state index is 0.0410. The lowest BCUT2D eigenvalue weighted by molar-refractivity contribution is -0.146. The Kier molecular flexibility index (Phi) is 8.79. The van der Waals surface area contributed by atoms with Gasteiger partial charge in [0.2, 0.25) is 11.8 Å². The molecule has 0 bridgehead atoms. The maximum atomic E-state index is 12.6. The molecule has 1 aliphatic rings. The van der Waals surface area contributed by atoms with Crippen molar-refractivity contribution in [2.45, 2.75) is 38.5 Å². The molecule has 2 N–H and O–H groups in total. The summed E-state index contributed by atoms with van der Waals surface area (Å²) in [5, 5.41) is 3.03. The highest BCUT2D eigenvalue weighted by Crippen LogP contribution is 2.30. The molecular formula is C22H25ClN4O5S. The first-order valence-electron chi connectivity index (χ1n) is 10.6. The Labute approximate surface area is 200 Å². The Morgan fingerprint density at radius 2 is 1.91 bits per heavy atom. The number of nitrogens with one attached hydrogen (secondary N) is 2. The Hall–Kier alpha value is -2.98. The van der Waals surface area contributed by atoms with E-state index in [1.807, 2.05) is 23.1 Å². The molecule has 3 amide bonds. The molecule has 0 saturated carbocycles. The van der Waals surface area contributed by atoms with Crippen LogP contribution >= 0.6 is 22.9 Å². The number of nitrogens with zero attached hydrogens (tertiary/aromatic N) is 2. The highest BCUT2D eigenvalue weighted by Gasteiger charge is 2.26. The molecule has 1 fully saturated rings. The van der Waals surface area contributed by atoms with E-state index in [0.29, 0.717) is 18.1 Å².